The highest BCUT2D eigenvalue weighted by atomic mass is 35.5. The lowest BCUT2D eigenvalue weighted by Crippen LogP contribution is -2.09. The van der Waals surface area contributed by atoms with E-state index in [-0.39, 0.29) is 5.69 Å². The number of aliphatic hydroxyl groups excluding tert-OH is 1. The van der Waals surface area contributed by atoms with E-state index in [0.717, 1.165) is 11.4 Å². The molecule has 1 aliphatic rings. The topological polar surface area (TPSA) is 93.5 Å². The molecule has 7 nitrogen and oxygen atoms in total. The van der Waals surface area contributed by atoms with E-state index in [0.29, 0.717) is 33.4 Å². The molecule has 136 valence electrons. The molecule has 2 heterocycles. The number of nitro groups is 1. The molecule has 0 aliphatic carbocycles. The van der Waals surface area contributed by atoms with Crippen LogP contribution in [-0.2, 0) is 0 Å². The number of non-ortho nitro benzene ring substituents is 1. The summed E-state index contributed by atoms with van der Waals surface area (Å²) in [6.07, 6.45) is -1.23. The minimum absolute atomic E-state index is 0.0686. The second kappa shape index (κ2) is 6.29. The number of halogens is 1. The Balaban J connectivity index is 2.09. The van der Waals surface area contributed by atoms with Gasteiger partial charge in [0, 0.05) is 34.0 Å². The van der Waals surface area contributed by atoms with Crippen LogP contribution in [0.5, 0.6) is 0 Å². The first-order chi connectivity index (χ1) is 12.9. The van der Waals surface area contributed by atoms with Crippen molar-refractivity contribution in [2.75, 3.05) is 0 Å². The number of fused-ring (bicyclic) bond motifs is 3. The van der Waals surface area contributed by atoms with Gasteiger partial charge in [0.2, 0.25) is 6.23 Å². The summed E-state index contributed by atoms with van der Waals surface area (Å²) in [7, 11) is 0. The first-order valence-corrected chi connectivity index (χ1v) is 8.62. The lowest BCUT2D eigenvalue weighted by Gasteiger charge is -2.13. The molecular formula is C19H15ClN4O3. The smallest absolute Gasteiger partial charge is 0.270 e. The minimum Gasteiger partial charge on any atom is -0.365 e. The molecule has 0 radical (unpaired) electrons. The average molecular weight is 383 g/mol. The fourth-order valence-electron chi connectivity index (χ4n) is 3.25. The number of aromatic nitrogens is 2. The Kier molecular flexibility index (Phi) is 4.05. The quantitative estimate of drug-likeness (QED) is 0.537. The van der Waals surface area contributed by atoms with Crippen LogP contribution >= 0.6 is 11.6 Å². The molecule has 0 saturated carbocycles. The number of nitrogens with zero attached hydrogens (tertiary/aromatic N) is 4. The SMILES string of the molecule is Cc1nc2n(c1C)-c1ccc([N+](=O)[O-])cc1C(c1ccccc1Cl)=NC2O. The molecular weight excluding hydrogens is 368 g/mol. The van der Waals surface area contributed by atoms with Crippen molar-refractivity contribution >= 4 is 23.0 Å². The van der Waals surface area contributed by atoms with Crippen molar-refractivity contribution in [3.8, 4) is 5.69 Å². The maximum Gasteiger partial charge on any atom is 0.270 e. The number of hydrogen-bond donors (Lipinski definition) is 1. The zero-order chi connectivity index (χ0) is 19.3. The van der Waals surface area contributed by atoms with Crippen molar-refractivity contribution < 1.29 is 10.0 Å². The Bertz CT molecular complexity index is 1120. The van der Waals surface area contributed by atoms with Crippen LogP contribution in [0.4, 0.5) is 5.69 Å². The minimum atomic E-state index is -1.23. The van der Waals surface area contributed by atoms with E-state index in [1.807, 2.05) is 13.8 Å². The largest absolute Gasteiger partial charge is 0.365 e. The van der Waals surface area contributed by atoms with Gasteiger partial charge in [0.1, 0.15) is 0 Å². The van der Waals surface area contributed by atoms with Crippen molar-refractivity contribution in [1.29, 1.82) is 0 Å². The molecule has 0 amide bonds. The second-order valence-corrected chi connectivity index (χ2v) is 6.67. The van der Waals surface area contributed by atoms with Crippen LogP contribution in [0.25, 0.3) is 5.69 Å². The molecule has 2 aromatic carbocycles. The van der Waals surface area contributed by atoms with Gasteiger partial charge in [-0.25, -0.2) is 9.98 Å². The molecule has 27 heavy (non-hydrogen) atoms. The van der Waals surface area contributed by atoms with E-state index in [9.17, 15) is 15.2 Å². The number of aryl methyl sites for hydroxylation is 1. The van der Waals surface area contributed by atoms with Crippen molar-refractivity contribution in [1.82, 2.24) is 9.55 Å². The fraction of sp³-hybridized carbons (Fsp3) is 0.158. The van der Waals surface area contributed by atoms with Gasteiger partial charge < -0.3 is 5.11 Å². The van der Waals surface area contributed by atoms with Crippen LogP contribution in [0.1, 0.15) is 34.6 Å². The van der Waals surface area contributed by atoms with Gasteiger partial charge in [0.15, 0.2) is 5.82 Å². The van der Waals surface area contributed by atoms with E-state index in [1.165, 1.54) is 12.1 Å². The number of hydrogen-bond acceptors (Lipinski definition) is 5. The summed E-state index contributed by atoms with van der Waals surface area (Å²) >= 11 is 6.35. The first-order valence-electron chi connectivity index (χ1n) is 8.24. The van der Waals surface area contributed by atoms with Gasteiger partial charge in [0.05, 0.1) is 22.0 Å². The number of rotatable bonds is 2. The van der Waals surface area contributed by atoms with E-state index in [1.54, 1.807) is 34.9 Å². The number of imidazole rings is 1. The van der Waals surface area contributed by atoms with Crippen LogP contribution in [0.2, 0.25) is 5.02 Å². The zero-order valence-electron chi connectivity index (χ0n) is 14.5. The first kappa shape index (κ1) is 17.4. The third-order valence-electron chi connectivity index (χ3n) is 4.67. The molecule has 8 heteroatoms. The second-order valence-electron chi connectivity index (χ2n) is 6.27. The predicted molar refractivity (Wildman–Crippen MR) is 102 cm³/mol. The molecule has 0 bridgehead atoms. The lowest BCUT2D eigenvalue weighted by molar-refractivity contribution is -0.384. The van der Waals surface area contributed by atoms with Gasteiger partial charge in [-0.2, -0.15) is 0 Å². The molecule has 1 aromatic heterocycles. The van der Waals surface area contributed by atoms with Crippen LogP contribution in [0, 0.1) is 24.0 Å². The fourth-order valence-corrected chi connectivity index (χ4v) is 3.48. The highest BCUT2D eigenvalue weighted by molar-refractivity contribution is 6.35. The molecule has 0 fully saturated rings. The van der Waals surface area contributed by atoms with Crippen molar-refractivity contribution in [3.63, 3.8) is 0 Å². The highest BCUT2D eigenvalue weighted by Gasteiger charge is 2.29. The lowest BCUT2D eigenvalue weighted by atomic mass is 9.99. The normalized spacial score (nSPS) is 15.6. The van der Waals surface area contributed by atoms with Gasteiger partial charge in [-0.3, -0.25) is 14.7 Å². The average Bonchev–Trinajstić information content (AvgIpc) is 2.88. The van der Waals surface area contributed by atoms with Gasteiger partial charge in [-0.1, -0.05) is 29.8 Å². The summed E-state index contributed by atoms with van der Waals surface area (Å²) in [6, 6.07) is 11.6. The predicted octanol–water partition coefficient (Wildman–Crippen LogP) is 3.89. The zero-order valence-corrected chi connectivity index (χ0v) is 15.3. The van der Waals surface area contributed by atoms with Crippen molar-refractivity contribution in [2.45, 2.75) is 20.1 Å². The molecule has 1 atom stereocenters. The Labute approximate surface area is 159 Å². The maximum atomic E-state index is 11.3. The maximum absolute atomic E-state index is 11.3. The molecule has 1 aliphatic heterocycles. The summed E-state index contributed by atoms with van der Waals surface area (Å²) < 4.78 is 1.78. The third kappa shape index (κ3) is 2.72. The van der Waals surface area contributed by atoms with Gasteiger partial charge in [-0.05, 0) is 26.0 Å². The summed E-state index contributed by atoms with van der Waals surface area (Å²) in [5.74, 6) is 0.363. The Morgan fingerprint density at radius 2 is 1.93 bits per heavy atom. The summed E-state index contributed by atoms with van der Waals surface area (Å²) in [5, 5.41) is 22.5. The van der Waals surface area contributed by atoms with E-state index in [4.69, 9.17) is 11.6 Å². The molecule has 1 N–H and O–H groups in total. The van der Waals surface area contributed by atoms with Gasteiger partial charge >= 0.3 is 0 Å². The summed E-state index contributed by atoms with van der Waals surface area (Å²) in [4.78, 5) is 19.7. The Morgan fingerprint density at radius 1 is 1.19 bits per heavy atom. The molecule has 1 unspecified atom stereocenters. The monoisotopic (exact) mass is 382 g/mol. The molecule has 3 aromatic rings. The Hall–Kier alpha value is -3.03. The number of benzene rings is 2. The Morgan fingerprint density at radius 3 is 2.63 bits per heavy atom. The summed E-state index contributed by atoms with van der Waals surface area (Å²) in [6.45, 7) is 3.72. The van der Waals surface area contributed by atoms with E-state index < -0.39 is 11.2 Å². The third-order valence-corrected chi connectivity index (χ3v) is 5.00. The van der Waals surface area contributed by atoms with Crippen LogP contribution in [0.3, 0.4) is 0 Å². The van der Waals surface area contributed by atoms with Crippen molar-refractivity contribution in [2.24, 2.45) is 4.99 Å². The molecule has 0 saturated heterocycles. The summed E-state index contributed by atoms with van der Waals surface area (Å²) in [5.41, 5.74) is 3.65. The molecule has 4 rings (SSSR count). The van der Waals surface area contributed by atoms with Crippen LogP contribution in [0.15, 0.2) is 47.5 Å². The van der Waals surface area contributed by atoms with E-state index >= 15 is 0 Å². The number of nitro benzene ring substituents is 1. The van der Waals surface area contributed by atoms with Gasteiger partial charge in [0.25, 0.3) is 5.69 Å². The number of aliphatic imine (C=N–C) groups is 1. The standard InChI is InChI=1S/C19H15ClN4O3/c1-10-11(2)23-16-8-7-12(24(26)27)9-14(16)17(22-19(25)18(23)21-10)13-5-3-4-6-15(13)20/h3-9,19,25H,1-2H3. The van der Waals surface area contributed by atoms with Crippen LogP contribution in [-0.4, -0.2) is 25.3 Å². The van der Waals surface area contributed by atoms with Gasteiger partial charge in [-0.15, -0.1) is 0 Å². The van der Waals surface area contributed by atoms with Crippen molar-refractivity contribution in [3.05, 3.63) is 85.9 Å². The highest BCUT2D eigenvalue weighted by Crippen LogP contribution is 2.34. The van der Waals surface area contributed by atoms with Crippen LogP contribution < -0.4 is 0 Å². The van der Waals surface area contributed by atoms with E-state index in [2.05, 4.69) is 9.98 Å². The molecule has 0 spiro atoms. The number of aliphatic hydroxyl groups is 1.